The maximum absolute atomic E-state index is 11.3. The maximum Gasteiger partial charge on any atom is 0.323 e. The zero-order valence-electron chi connectivity index (χ0n) is 8.08. The molecule has 0 aromatic heterocycles. The molecule has 1 rings (SSSR count). The number of carbonyl (C=O) groups is 2. The monoisotopic (exact) mass is 185 g/mol. The van der Waals surface area contributed by atoms with Gasteiger partial charge in [0, 0.05) is 6.42 Å². The van der Waals surface area contributed by atoms with Crippen LogP contribution in [0.4, 0.5) is 0 Å². The fourth-order valence-electron chi connectivity index (χ4n) is 1.52. The number of hydrogen-bond donors (Lipinski definition) is 0. The Morgan fingerprint density at radius 2 is 2.38 bits per heavy atom. The highest BCUT2D eigenvalue weighted by Crippen LogP contribution is 2.13. The first-order chi connectivity index (χ1) is 6.15. The molecule has 13 heavy (non-hydrogen) atoms. The Morgan fingerprint density at radius 3 is 2.92 bits per heavy atom. The Morgan fingerprint density at radius 1 is 1.69 bits per heavy atom. The summed E-state index contributed by atoms with van der Waals surface area (Å²) in [4.78, 5) is 24.1. The summed E-state index contributed by atoms with van der Waals surface area (Å²) in [5.74, 6) is -0.0134. The smallest absolute Gasteiger partial charge is 0.323 e. The first-order valence-electron chi connectivity index (χ1n) is 4.53. The number of carbonyl (C=O) groups excluding carboxylic acids is 2. The number of nitrogens with zero attached hydrogens (tertiary/aromatic N) is 1. The summed E-state index contributed by atoms with van der Waals surface area (Å²) in [6, 6.07) is -0.224. The van der Waals surface area contributed by atoms with Crippen LogP contribution in [0.2, 0.25) is 0 Å². The van der Waals surface area contributed by atoms with E-state index in [0.29, 0.717) is 26.0 Å². The summed E-state index contributed by atoms with van der Waals surface area (Å²) in [5.41, 5.74) is 0. The van der Waals surface area contributed by atoms with Gasteiger partial charge in [-0.3, -0.25) is 14.5 Å². The quantitative estimate of drug-likeness (QED) is 0.577. The second kappa shape index (κ2) is 4.37. The number of likely N-dealkylation sites (N-methyl/N-ethyl adjacent to an activating group) is 1. The van der Waals surface area contributed by atoms with Crippen LogP contribution in [-0.4, -0.2) is 42.9 Å². The van der Waals surface area contributed by atoms with Crippen molar-refractivity contribution in [2.45, 2.75) is 25.8 Å². The summed E-state index contributed by atoms with van der Waals surface area (Å²) in [5, 5.41) is 0. The Balaban J connectivity index is 2.50. The van der Waals surface area contributed by atoms with Gasteiger partial charge in [0.2, 0.25) is 0 Å². The molecule has 0 aromatic rings. The normalized spacial score (nSPS) is 24.5. The second-order valence-corrected chi connectivity index (χ2v) is 3.26. The van der Waals surface area contributed by atoms with Crippen LogP contribution in [0.25, 0.3) is 0 Å². The summed E-state index contributed by atoms with van der Waals surface area (Å²) in [6.45, 7) is 2.55. The fourth-order valence-corrected chi connectivity index (χ4v) is 1.52. The molecule has 1 atom stereocenters. The molecule has 0 amide bonds. The highest BCUT2D eigenvalue weighted by Gasteiger charge is 2.30. The van der Waals surface area contributed by atoms with E-state index in [4.69, 9.17) is 4.74 Å². The third-order valence-corrected chi connectivity index (χ3v) is 2.21. The van der Waals surface area contributed by atoms with E-state index < -0.39 is 0 Å². The number of esters is 1. The molecule has 4 heteroatoms. The largest absolute Gasteiger partial charge is 0.465 e. The molecule has 0 aromatic carbocycles. The van der Waals surface area contributed by atoms with Crippen molar-refractivity contribution in [3.63, 3.8) is 0 Å². The summed E-state index contributed by atoms with van der Waals surface area (Å²) < 4.78 is 4.90. The van der Waals surface area contributed by atoms with E-state index in [2.05, 4.69) is 0 Å². The van der Waals surface area contributed by atoms with Crippen molar-refractivity contribution >= 4 is 11.8 Å². The van der Waals surface area contributed by atoms with Gasteiger partial charge in [0.25, 0.3) is 0 Å². The van der Waals surface area contributed by atoms with Crippen LogP contribution in [-0.2, 0) is 14.3 Å². The lowest BCUT2D eigenvalue weighted by Crippen LogP contribution is -2.46. The number of ketones is 1. The Hall–Kier alpha value is -0.900. The lowest BCUT2D eigenvalue weighted by Gasteiger charge is -2.29. The van der Waals surface area contributed by atoms with Crippen LogP contribution in [0.3, 0.4) is 0 Å². The molecule has 1 aliphatic heterocycles. The molecule has 4 nitrogen and oxygen atoms in total. The van der Waals surface area contributed by atoms with Gasteiger partial charge in [-0.1, -0.05) is 0 Å². The van der Waals surface area contributed by atoms with Gasteiger partial charge in [0.15, 0.2) is 0 Å². The van der Waals surface area contributed by atoms with Crippen LogP contribution >= 0.6 is 0 Å². The van der Waals surface area contributed by atoms with Gasteiger partial charge in [-0.15, -0.1) is 0 Å². The predicted molar refractivity (Wildman–Crippen MR) is 47.3 cm³/mol. The van der Waals surface area contributed by atoms with Gasteiger partial charge in [0.1, 0.15) is 11.8 Å². The fraction of sp³-hybridized carbons (Fsp3) is 0.778. The Labute approximate surface area is 77.8 Å². The van der Waals surface area contributed by atoms with Crippen molar-refractivity contribution < 1.29 is 14.3 Å². The minimum absolute atomic E-state index is 0.197. The van der Waals surface area contributed by atoms with E-state index >= 15 is 0 Å². The molecule has 0 spiro atoms. The summed E-state index contributed by atoms with van der Waals surface area (Å²) in [6.07, 6.45) is 1.09. The number of Topliss-reactive ketones (excluding diaryl/α,β-unsaturated/α-hetero) is 1. The minimum Gasteiger partial charge on any atom is -0.465 e. The van der Waals surface area contributed by atoms with E-state index in [1.807, 2.05) is 0 Å². The SMILES string of the molecule is CCOC(=O)C1CCC(=O)CN1C. The lowest BCUT2D eigenvalue weighted by molar-refractivity contribution is -0.151. The minimum atomic E-state index is -0.224. The average molecular weight is 185 g/mol. The average Bonchev–Trinajstić information content (AvgIpc) is 2.04. The number of ether oxygens (including phenoxy) is 1. The molecule has 1 fully saturated rings. The van der Waals surface area contributed by atoms with Gasteiger partial charge in [-0.2, -0.15) is 0 Å². The zero-order valence-corrected chi connectivity index (χ0v) is 8.08. The third-order valence-electron chi connectivity index (χ3n) is 2.21. The van der Waals surface area contributed by atoms with E-state index in [1.54, 1.807) is 18.9 Å². The number of hydrogen-bond acceptors (Lipinski definition) is 4. The zero-order chi connectivity index (χ0) is 9.84. The van der Waals surface area contributed by atoms with Crippen LogP contribution in [0.1, 0.15) is 19.8 Å². The van der Waals surface area contributed by atoms with E-state index in [9.17, 15) is 9.59 Å². The lowest BCUT2D eigenvalue weighted by atomic mass is 10.0. The Kier molecular flexibility index (Phi) is 3.42. The van der Waals surface area contributed by atoms with Gasteiger partial charge in [-0.05, 0) is 20.4 Å². The highest BCUT2D eigenvalue weighted by molar-refractivity contribution is 5.85. The van der Waals surface area contributed by atoms with Crippen molar-refractivity contribution in [2.75, 3.05) is 20.2 Å². The van der Waals surface area contributed by atoms with E-state index in [0.717, 1.165) is 0 Å². The third kappa shape index (κ3) is 2.52. The molecule has 0 radical (unpaired) electrons. The number of piperidine rings is 1. The Bertz CT molecular complexity index is 215. The van der Waals surface area contributed by atoms with Crippen molar-refractivity contribution in [1.82, 2.24) is 4.90 Å². The summed E-state index contributed by atoms with van der Waals surface area (Å²) >= 11 is 0. The molecule has 0 saturated carbocycles. The van der Waals surface area contributed by atoms with Crippen LogP contribution in [0.5, 0.6) is 0 Å². The molecule has 1 heterocycles. The first-order valence-corrected chi connectivity index (χ1v) is 4.53. The van der Waals surface area contributed by atoms with Gasteiger partial charge in [-0.25, -0.2) is 0 Å². The van der Waals surface area contributed by atoms with Crippen LogP contribution in [0.15, 0.2) is 0 Å². The molecule has 74 valence electrons. The van der Waals surface area contributed by atoms with Gasteiger partial charge in [0.05, 0.1) is 13.2 Å². The van der Waals surface area contributed by atoms with E-state index in [1.165, 1.54) is 0 Å². The molecule has 1 unspecified atom stereocenters. The van der Waals surface area contributed by atoms with Crippen molar-refractivity contribution in [1.29, 1.82) is 0 Å². The predicted octanol–water partition coefficient (Wildman–Crippen LogP) is 0.213. The highest BCUT2D eigenvalue weighted by atomic mass is 16.5. The molecular weight excluding hydrogens is 170 g/mol. The molecular formula is C9H15NO3. The van der Waals surface area contributed by atoms with Crippen LogP contribution in [0, 0.1) is 0 Å². The number of rotatable bonds is 2. The molecule has 1 saturated heterocycles. The molecule has 0 aliphatic carbocycles. The summed E-state index contributed by atoms with van der Waals surface area (Å²) in [7, 11) is 1.78. The van der Waals surface area contributed by atoms with Crippen molar-refractivity contribution in [3.05, 3.63) is 0 Å². The standard InChI is InChI=1S/C9H15NO3/c1-3-13-9(12)8-5-4-7(11)6-10(8)2/h8H,3-6H2,1-2H3. The van der Waals surface area contributed by atoms with Gasteiger partial charge >= 0.3 is 5.97 Å². The van der Waals surface area contributed by atoms with Crippen LogP contribution < -0.4 is 0 Å². The second-order valence-electron chi connectivity index (χ2n) is 3.26. The molecule has 0 bridgehead atoms. The number of likely N-dealkylation sites (tertiary alicyclic amines) is 1. The van der Waals surface area contributed by atoms with Gasteiger partial charge < -0.3 is 4.74 Å². The van der Waals surface area contributed by atoms with Crippen molar-refractivity contribution in [3.8, 4) is 0 Å². The van der Waals surface area contributed by atoms with E-state index in [-0.39, 0.29) is 17.8 Å². The first kappa shape index (κ1) is 10.2. The topological polar surface area (TPSA) is 46.6 Å². The molecule has 1 aliphatic rings. The maximum atomic E-state index is 11.3. The van der Waals surface area contributed by atoms with Crippen molar-refractivity contribution in [2.24, 2.45) is 0 Å². The molecule has 0 N–H and O–H groups in total.